The summed E-state index contributed by atoms with van der Waals surface area (Å²) in [4.78, 5) is 16.5. The summed E-state index contributed by atoms with van der Waals surface area (Å²) in [6.45, 7) is 14.0. The summed E-state index contributed by atoms with van der Waals surface area (Å²) in [7, 11) is 0. The zero-order valence-corrected chi connectivity index (χ0v) is 14.5. The number of ketones is 1. The second kappa shape index (κ2) is 8.16. The highest BCUT2D eigenvalue weighted by molar-refractivity contribution is 5.85. The highest BCUT2D eigenvalue weighted by atomic mass is 16.5. The number of carbonyl (C=O) groups is 1. The highest BCUT2D eigenvalue weighted by Gasteiger charge is 2.27. The van der Waals surface area contributed by atoms with Gasteiger partial charge in [0.1, 0.15) is 6.61 Å². The maximum absolute atomic E-state index is 12.1. The van der Waals surface area contributed by atoms with Crippen molar-refractivity contribution in [3.05, 3.63) is 48.4 Å². The summed E-state index contributed by atoms with van der Waals surface area (Å²) < 4.78 is 5.79. The van der Waals surface area contributed by atoms with Crippen LogP contribution < -0.4 is 0 Å². The Morgan fingerprint density at radius 1 is 1.13 bits per heavy atom. The molecule has 1 atom stereocenters. The average molecular weight is 316 g/mol. The number of benzene rings is 1. The summed E-state index contributed by atoms with van der Waals surface area (Å²) in [5.74, 6) is 1.13. The molecule has 1 aliphatic rings. The molecule has 126 valence electrons. The molecule has 4 heteroatoms. The smallest absolute Gasteiger partial charge is 0.182 e. The lowest BCUT2D eigenvalue weighted by Gasteiger charge is -2.39. The van der Waals surface area contributed by atoms with E-state index in [1.165, 1.54) is 0 Å². The third-order valence-electron chi connectivity index (χ3n) is 4.44. The van der Waals surface area contributed by atoms with Gasteiger partial charge in [0, 0.05) is 32.1 Å². The molecule has 0 saturated carbocycles. The number of nitrogens with zero attached hydrogens (tertiary/aromatic N) is 2. The molecule has 1 aromatic carbocycles. The summed E-state index contributed by atoms with van der Waals surface area (Å²) in [6.07, 6.45) is 0. The Morgan fingerprint density at radius 2 is 1.74 bits per heavy atom. The van der Waals surface area contributed by atoms with E-state index in [9.17, 15) is 4.79 Å². The Bertz CT molecular complexity index is 519. The SMILES string of the molecule is C=C(OCc1ccccc1)N1CCN(C(C)C(=O)C(C)C)CC1. The van der Waals surface area contributed by atoms with E-state index in [2.05, 4.69) is 16.4 Å². The molecule has 0 N–H and O–H groups in total. The van der Waals surface area contributed by atoms with Crippen LogP contribution in [0.15, 0.2) is 42.8 Å². The molecular weight excluding hydrogens is 288 g/mol. The van der Waals surface area contributed by atoms with E-state index in [0.29, 0.717) is 12.4 Å². The van der Waals surface area contributed by atoms with Crippen molar-refractivity contribution in [1.82, 2.24) is 9.80 Å². The van der Waals surface area contributed by atoms with Crippen molar-refractivity contribution < 1.29 is 9.53 Å². The molecule has 0 bridgehead atoms. The van der Waals surface area contributed by atoms with E-state index >= 15 is 0 Å². The molecule has 0 amide bonds. The standard InChI is InChI=1S/C19H28N2O2/c1-15(2)19(22)16(3)20-10-12-21(13-11-20)17(4)23-14-18-8-6-5-7-9-18/h5-9,15-16H,4,10-14H2,1-3H3. The van der Waals surface area contributed by atoms with Crippen molar-refractivity contribution in [2.75, 3.05) is 26.2 Å². The van der Waals surface area contributed by atoms with E-state index in [0.717, 1.165) is 37.6 Å². The molecule has 1 heterocycles. The van der Waals surface area contributed by atoms with Crippen LogP contribution in [0, 0.1) is 5.92 Å². The first-order chi connectivity index (χ1) is 11.0. The van der Waals surface area contributed by atoms with Gasteiger partial charge in [0.05, 0.1) is 6.04 Å². The van der Waals surface area contributed by atoms with Gasteiger partial charge in [-0.15, -0.1) is 0 Å². The van der Waals surface area contributed by atoms with Gasteiger partial charge < -0.3 is 9.64 Å². The van der Waals surface area contributed by atoms with Crippen LogP contribution in [0.1, 0.15) is 26.3 Å². The lowest BCUT2D eigenvalue weighted by molar-refractivity contribution is -0.127. The summed E-state index contributed by atoms with van der Waals surface area (Å²) in [5.41, 5.74) is 1.14. The van der Waals surface area contributed by atoms with E-state index in [4.69, 9.17) is 4.74 Å². The number of Topliss-reactive ketones (excluding diaryl/α,β-unsaturated/α-hetero) is 1. The van der Waals surface area contributed by atoms with Gasteiger partial charge in [-0.2, -0.15) is 0 Å². The van der Waals surface area contributed by atoms with Gasteiger partial charge in [0.2, 0.25) is 0 Å². The molecule has 0 aromatic heterocycles. The van der Waals surface area contributed by atoms with Crippen molar-refractivity contribution in [2.45, 2.75) is 33.4 Å². The zero-order chi connectivity index (χ0) is 16.8. The van der Waals surface area contributed by atoms with Gasteiger partial charge in [0.15, 0.2) is 11.7 Å². The predicted octanol–water partition coefficient (Wildman–Crippen LogP) is 2.91. The van der Waals surface area contributed by atoms with Crippen molar-refractivity contribution >= 4 is 5.78 Å². The lowest BCUT2D eigenvalue weighted by atomic mass is 10.0. The van der Waals surface area contributed by atoms with Gasteiger partial charge in [0.25, 0.3) is 0 Å². The molecule has 4 nitrogen and oxygen atoms in total. The number of carbonyl (C=O) groups excluding carboxylic acids is 1. The quantitative estimate of drug-likeness (QED) is 0.724. The van der Waals surface area contributed by atoms with Crippen LogP contribution in [0.3, 0.4) is 0 Å². The van der Waals surface area contributed by atoms with Gasteiger partial charge >= 0.3 is 0 Å². The fourth-order valence-electron chi connectivity index (χ4n) is 2.85. The second-order valence-electron chi connectivity index (χ2n) is 6.42. The van der Waals surface area contributed by atoms with Crippen molar-refractivity contribution in [3.8, 4) is 0 Å². The van der Waals surface area contributed by atoms with Crippen LogP contribution in [0.4, 0.5) is 0 Å². The first-order valence-corrected chi connectivity index (χ1v) is 8.37. The molecule has 2 rings (SSSR count). The first-order valence-electron chi connectivity index (χ1n) is 8.37. The maximum Gasteiger partial charge on any atom is 0.182 e. The van der Waals surface area contributed by atoms with Crippen molar-refractivity contribution in [2.24, 2.45) is 5.92 Å². The molecule has 0 aliphatic carbocycles. The van der Waals surface area contributed by atoms with E-state index < -0.39 is 0 Å². The molecule has 0 spiro atoms. The van der Waals surface area contributed by atoms with Crippen molar-refractivity contribution in [3.63, 3.8) is 0 Å². The fourth-order valence-corrected chi connectivity index (χ4v) is 2.85. The minimum Gasteiger partial charge on any atom is -0.475 e. The highest BCUT2D eigenvalue weighted by Crippen LogP contribution is 2.15. The Kier molecular flexibility index (Phi) is 6.22. The molecule has 1 unspecified atom stereocenters. The Labute approximate surface area is 139 Å². The zero-order valence-electron chi connectivity index (χ0n) is 14.5. The lowest BCUT2D eigenvalue weighted by Crippen LogP contribution is -2.52. The largest absolute Gasteiger partial charge is 0.475 e. The van der Waals surface area contributed by atoms with Crippen molar-refractivity contribution in [1.29, 1.82) is 0 Å². The Morgan fingerprint density at radius 3 is 2.30 bits per heavy atom. The van der Waals surface area contributed by atoms with Crippen LogP contribution in [0.5, 0.6) is 0 Å². The fraction of sp³-hybridized carbons (Fsp3) is 0.526. The normalized spacial score (nSPS) is 17.1. The maximum atomic E-state index is 12.1. The summed E-state index contributed by atoms with van der Waals surface area (Å²) >= 11 is 0. The molecule has 1 saturated heterocycles. The summed E-state index contributed by atoms with van der Waals surface area (Å²) in [5, 5.41) is 0. The Balaban J connectivity index is 1.77. The molecule has 1 fully saturated rings. The number of hydrogen-bond acceptors (Lipinski definition) is 4. The van der Waals surface area contributed by atoms with Gasteiger partial charge in [-0.3, -0.25) is 9.69 Å². The monoisotopic (exact) mass is 316 g/mol. The average Bonchev–Trinajstić information content (AvgIpc) is 2.59. The predicted molar refractivity (Wildman–Crippen MR) is 92.8 cm³/mol. The minimum atomic E-state index is -0.00403. The third-order valence-corrected chi connectivity index (χ3v) is 4.44. The van der Waals surface area contributed by atoms with Crippen LogP contribution in [0.25, 0.3) is 0 Å². The minimum absolute atomic E-state index is 0.00403. The Hall–Kier alpha value is -1.81. The van der Waals surface area contributed by atoms with Crippen LogP contribution in [-0.2, 0) is 16.1 Å². The molecule has 1 aliphatic heterocycles. The number of rotatable bonds is 7. The van der Waals surface area contributed by atoms with Gasteiger partial charge in [-0.25, -0.2) is 0 Å². The van der Waals surface area contributed by atoms with Gasteiger partial charge in [-0.05, 0) is 19.1 Å². The van der Waals surface area contributed by atoms with E-state index in [1.807, 2.05) is 51.1 Å². The van der Waals surface area contributed by atoms with Crippen LogP contribution >= 0.6 is 0 Å². The van der Waals surface area contributed by atoms with E-state index in [1.54, 1.807) is 0 Å². The third kappa shape index (κ3) is 4.83. The molecule has 0 radical (unpaired) electrons. The molecular formula is C19H28N2O2. The number of hydrogen-bond donors (Lipinski definition) is 0. The topological polar surface area (TPSA) is 32.8 Å². The number of ether oxygens (including phenoxy) is 1. The van der Waals surface area contributed by atoms with Gasteiger partial charge in [-0.1, -0.05) is 44.2 Å². The van der Waals surface area contributed by atoms with Crippen LogP contribution in [0.2, 0.25) is 0 Å². The second-order valence-corrected chi connectivity index (χ2v) is 6.42. The van der Waals surface area contributed by atoms with Crippen LogP contribution in [-0.4, -0.2) is 47.8 Å². The first kappa shape index (κ1) is 17.5. The summed E-state index contributed by atoms with van der Waals surface area (Å²) in [6, 6.07) is 10.1. The molecule has 1 aromatic rings. The number of piperazine rings is 1. The van der Waals surface area contributed by atoms with E-state index in [-0.39, 0.29) is 12.0 Å². The molecule has 23 heavy (non-hydrogen) atoms.